The summed E-state index contributed by atoms with van der Waals surface area (Å²) in [5.74, 6) is 0. The molecule has 0 saturated carbocycles. The van der Waals surface area contributed by atoms with E-state index in [1.807, 2.05) is 41.8 Å². The summed E-state index contributed by atoms with van der Waals surface area (Å²) in [5.41, 5.74) is 3.99. The summed E-state index contributed by atoms with van der Waals surface area (Å²) < 4.78 is 1.71. The van der Waals surface area contributed by atoms with E-state index in [1.54, 1.807) is 10.5 Å². The second kappa shape index (κ2) is 7.86. The molecule has 2 aromatic carbocycles. The van der Waals surface area contributed by atoms with Crippen molar-refractivity contribution >= 4 is 16.3 Å². The molecule has 0 bridgehead atoms. The zero-order valence-corrected chi connectivity index (χ0v) is 16.0. The number of benzene rings is 2. The normalized spacial score (nSPS) is 11.3. The van der Waals surface area contributed by atoms with E-state index in [2.05, 4.69) is 36.1 Å². The fourth-order valence-corrected chi connectivity index (χ4v) is 4.13. The van der Waals surface area contributed by atoms with Gasteiger partial charge < -0.3 is 0 Å². The van der Waals surface area contributed by atoms with Gasteiger partial charge in [-0.25, -0.2) is 4.98 Å². The van der Waals surface area contributed by atoms with Crippen LogP contribution in [0.4, 0.5) is 0 Å². The van der Waals surface area contributed by atoms with Gasteiger partial charge in [-0.05, 0) is 17.7 Å². The van der Waals surface area contributed by atoms with Gasteiger partial charge in [-0.15, -0.1) is 11.3 Å². The monoisotopic (exact) mass is 375 g/mol. The van der Waals surface area contributed by atoms with Crippen LogP contribution in [0.3, 0.4) is 0 Å². The van der Waals surface area contributed by atoms with Gasteiger partial charge in [0.15, 0.2) is 4.96 Å². The van der Waals surface area contributed by atoms with Crippen LogP contribution in [0.25, 0.3) is 16.2 Å². The van der Waals surface area contributed by atoms with Crippen LogP contribution in [0.1, 0.15) is 18.2 Å². The fraction of sp³-hybridized carbons (Fsp3) is 0.182. The lowest BCUT2D eigenvalue weighted by Gasteiger charge is -2.20. The lowest BCUT2D eigenvalue weighted by molar-refractivity contribution is 0.268. The molecule has 0 fully saturated rings. The smallest absolute Gasteiger partial charge is 0.259 e. The predicted molar refractivity (Wildman–Crippen MR) is 111 cm³/mol. The summed E-state index contributed by atoms with van der Waals surface area (Å²) >= 11 is 1.51. The minimum Gasteiger partial charge on any atom is -0.294 e. The van der Waals surface area contributed by atoms with E-state index in [4.69, 9.17) is 4.98 Å². The number of fused-ring (bicyclic) bond motifs is 1. The van der Waals surface area contributed by atoms with Gasteiger partial charge in [0.1, 0.15) is 0 Å². The molecule has 4 nitrogen and oxygen atoms in total. The summed E-state index contributed by atoms with van der Waals surface area (Å²) in [5, 5.41) is 2.00. The quantitative estimate of drug-likeness (QED) is 0.500. The van der Waals surface area contributed by atoms with Crippen molar-refractivity contribution in [3.8, 4) is 11.3 Å². The molecule has 0 unspecified atom stereocenters. The Balaban J connectivity index is 1.63. The molecule has 136 valence electrons. The molecule has 0 aliphatic carbocycles. The van der Waals surface area contributed by atoms with Crippen molar-refractivity contribution in [3.63, 3.8) is 0 Å². The molecular formula is C22H21N3OS. The van der Waals surface area contributed by atoms with Crippen molar-refractivity contribution in [2.45, 2.75) is 20.0 Å². The Bertz CT molecular complexity index is 1090. The van der Waals surface area contributed by atoms with Crippen LogP contribution in [-0.4, -0.2) is 20.8 Å². The number of aromatic nitrogens is 2. The van der Waals surface area contributed by atoms with Crippen LogP contribution in [0, 0.1) is 0 Å². The van der Waals surface area contributed by atoms with Crippen LogP contribution < -0.4 is 5.56 Å². The van der Waals surface area contributed by atoms with Gasteiger partial charge in [0.05, 0.1) is 11.4 Å². The average molecular weight is 375 g/mol. The fourth-order valence-electron chi connectivity index (χ4n) is 3.21. The maximum atomic E-state index is 12.8. The third-order valence-electron chi connectivity index (χ3n) is 4.61. The molecule has 0 spiro atoms. The van der Waals surface area contributed by atoms with Gasteiger partial charge in [0, 0.05) is 24.5 Å². The highest BCUT2D eigenvalue weighted by Gasteiger charge is 2.12. The molecule has 0 aliphatic heterocycles. The third kappa shape index (κ3) is 3.84. The minimum atomic E-state index is -0.0223. The van der Waals surface area contributed by atoms with Gasteiger partial charge in [0.2, 0.25) is 0 Å². The molecule has 5 heteroatoms. The first-order chi connectivity index (χ1) is 13.2. The van der Waals surface area contributed by atoms with Crippen LogP contribution >= 0.6 is 11.3 Å². The Labute approximate surface area is 162 Å². The Morgan fingerprint density at radius 3 is 2.41 bits per heavy atom. The van der Waals surface area contributed by atoms with Gasteiger partial charge >= 0.3 is 0 Å². The largest absolute Gasteiger partial charge is 0.294 e. The lowest BCUT2D eigenvalue weighted by atomic mass is 10.2. The molecule has 4 rings (SSSR count). The maximum absolute atomic E-state index is 12.8. The topological polar surface area (TPSA) is 37.6 Å². The highest BCUT2D eigenvalue weighted by atomic mass is 32.1. The van der Waals surface area contributed by atoms with Crippen LogP contribution in [-0.2, 0) is 13.1 Å². The highest BCUT2D eigenvalue weighted by molar-refractivity contribution is 7.15. The first kappa shape index (κ1) is 17.6. The molecule has 4 aromatic rings. The summed E-state index contributed by atoms with van der Waals surface area (Å²) in [6.45, 7) is 4.54. The van der Waals surface area contributed by atoms with Gasteiger partial charge in [0.25, 0.3) is 5.56 Å². The van der Waals surface area contributed by atoms with E-state index in [1.165, 1.54) is 16.9 Å². The Morgan fingerprint density at radius 2 is 1.70 bits per heavy atom. The van der Waals surface area contributed by atoms with E-state index in [0.717, 1.165) is 35.0 Å². The number of hydrogen-bond donors (Lipinski definition) is 0. The van der Waals surface area contributed by atoms with E-state index >= 15 is 0 Å². The van der Waals surface area contributed by atoms with Crippen LogP contribution in [0.2, 0.25) is 0 Å². The summed E-state index contributed by atoms with van der Waals surface area (Å²) in [7, 11) is 0. The predicted octanol–water partition coefficient (Wildman–Crippen LogP) is 4.45. The van der Waals surface area contributed by atoms with Gasteiger partial charge in [-0.2, -0.15) is 0 Å². The van der Waals surface area contributed by atoms with Crippen LogP contribution in [0.5, 0.6) is 0 Å². The number of nitrogens with zero attached hydrogens (tertiary/aromatic N) is 3. The molecule has 2 heterocycles. The second-order valence-electron chi connectivity index (χ2n) is 6.48. The first-order valence-electron chi connectivity index (χ1n) is 9.06. The zero-order chi connectivity index (χ0) is 18.6. The van der Waals surface area contributed by atoms with E-state index in [9.17, 15) is 4.79 Å². The molecule has 0 radical (unpaired) electrons. The van der Waals surface area contributed by atoms with Crippen molar-refractivity contribution in [2.75, 3.05) is 6.54 Å². The van der Waals surface area contributed by atoms with Crippen LogP contribution in [0.15, 0.2) is 76.9 Å². The first-order valence-corrected chi connectivity index (χ1v) is 9.94. The van der Waals surface area contributed by atoms with Crippen molar-refractivity contribution in [2.24, 2.45) is 0 Å². The number of hydrogen-bond acceptors (Lipinski definition) is 4. The van der Waals surface area contributed by atoms with Gasteiger partial charge in [-0.1, -0.05) is 67.6 Å². The zero-order valence-electron chi connectivity index (χ0n) is 15.2. The van der Waals surface area contributed by atoms with Crippen molar-refractivity contribution in [1.29, 1.82) is 0 Å². The van der Waals surface area contributed by atoms with E-state index < -0.39 is 0 Å². The van der Waals surface area contributed by atoms with Crippen molar-refractivity contribution < 1.29 is 0 Å². The molecule has 0 saturated heterocycles. The Morgan fingerprint density at radius 1 is 1.00 bits per heavy atom. The molecule has 0 atom stereocenters. The molecule has 0 N–H and O–H groups in total. The maximum Gasteiger partial charge on any atom is 0.259 e. The molecule has 0 amide bonds. The SMILES string of the molecule is CCN(Cc1ccccc1)Cc1cc(=O)n2c(-c3ccccc3)csc2n1. The van der Waals surface area contributed by atoms with Gasteiger partial charge in [-0.3, -0.25) is 14.1 Å². The summed E-state index contributed by atoms with van der Waals surface area (Å²) in [6, 6.07) is 22.0. The third-order valence-corrected chi connectivity index (χ3v) is 5.44. The molecule has 27 heavy (non-hydrogen) atoms. The van der Waals surface area contributed by atoms with E-state index in [0.29, 0.717) is 6.54 Å². The Hall–Kier alpha value is -2.76. The molecular weight excluding hydrogens is 354 g/mol. The second-order valence-corrected chi connectivity index (χ2v) is 7.32. The molecule has 2 aromatic heterocycles. The summed E-state index contributed by atoms with van der Waals surface area (Å²) in [4.78, 5) is 20.6. The van der Waals surface area contributed by atoms with Crippen molar-refractivity contribution in [3.05, 3.63) is 93.7 Å². The minimum absolute atomic E-state index is 0.0223. The van der Waals surface area contributed by atoms with E-state index in [-0.39, 0.29) is 5.56 Å². The average Bonchev–Trinajstić information content (AvgIpc) is 3.13. The van der Waals surface area contributed by atoms with Crippen molar-refractivity contribution in [1.82, 2.24) is 14.3 Å². The number of thiazole rings is 1. The number of rotatable bonds is 6. The molecule has 0 aliphatic rings. The summed E-state index contributed by atoms with van der Waals surface area (Å²) in [6.07, 6.45) is 0. The highest BCUT2D eigenvalue weighted by Crippen LogP contribution is 2.23. The Kier molecular flexibility index (Phi) is 5.14. The standard InChI is InChI=1S/C22H21N3OS/c1-2-24(14-17-9-5-3-6-10-17)15-19-13-21(26)25-20(16-27-22(25)23-19)18-11-7-4-8-12-18/h3-13,16H,2,14-15H2,1H3. The lowest BCUT2D eigenvalue weighted by Crippen LogP contribution is -2.24.